The van der Waals surface area contributed by atoms with Gasteiger partial charge in [-0.1, -0.05) is 13.3 Å². The van der Waals surface area contributed by atoms with Crippen molar-refractivity contribution in [3.05, 3.63) is 0 Å². The number of urea groups is 1. The third-order valence-electron chi connectivity index (χ3n) is 2.83. The predicted octanol–water partition coefficient (Wildman–Crippen LogP) is 0.681. The standard InChI is InChI=1S/C12H23N3O3/c1-2-4-10(11(16)17)15-12(18)14-8-3-7-13-9-5-6-9/h9-10,13H,2-8H2,1H3,(H,16,17)(H2,14,15,18)/t10-/m1/s1. The van der Waals surface area contributed by atoms with E-state index < -0.39 is 18.0 Å². The van der Waals surface area contributed by atoms with Gasteiger partial charge in [0.15, 0.2) is 0 Å². The van der Waals surface area contributed by atoms with Gasteiger partial charge in [-0.2, -0.15) is 0 Å². The van der Waals surface area contributed by atoms with Gasteiger partial charge >= 0.3 is 12.0 Å². The Kier molecular flexibility index (Phi) is 6.49. The summed E-state index contributed by atoms with van der Waals surface area (Å²) in [6, 6.07) is -0.512. The molecule has 0 radical (unpaired) electrons. The van der Waals surface area contributed by atoms with Crippen molar-refractivity contribution in [2.24, 2.45) is 0 Å². The molecule has 0 aromatic rings. The highest BCUT2D eigenvalue weighted by atomic mass is 16.4. The van der Waals surface area contributed by atoms with Crippen molar-refractivity contribution in [1.82, 2.24) is 16.0 Å². The third kappa shape index (κ3) is 6.44. The normalized spacial score (nSPS) is 16.1. The second-order valence-electron chi connectivity index (χ2n) is 4.66. The Morgan fingerprint density at radius 1 is 1.33 bits per heavy atom. The molecule has 1 saturated carbocycles. The van der Waals surface area contributed by atoms with Gasteiger partial charge in [-0.15, -0.1) is 0 Å². The average Bonchev–Trinajstić information content (AvgIpc) is 3.12. The average molecular weight is 257 g/mol. The third-order valence-corrected chi connectivity index (χ3v) is 2.83. The minimum atomic E-state index is -0.984. The van der Waals surface area contributed by atoms with Crippen LogP contribution in [-0.4, -0.2) is 42.3 Å². The molecule has 0 spiro atoms. The fourth-order valence-corrected chi connectivity index (χ4v) is 1.64. The van der Waals surface area contributed by atoms with E-state index >= 15 is 0 Å². The summed E-state index contributed by atoms with van der Waals surface area (Å²) in [5.41, 5.74) is 0. The van der Waals surface area contributed by atoms with Crippen LogP contribution in [0.15, 0.2) is 0 Å². The quantitative estimate of drug-likeness (QED) is 0.457. The van der Waals surface area contributed by atoms with Crippen molar-refractivity contribution in [1.29, 1.82) is 0 Å². The number of aliphatic carboxylic acids is 1. The summed E-state index contributed by atoms with van der Waals surface area (Å²) in [6.07, 6.45) is 4.54. The summed E-state index contributed by atoms with van der Waals surface area (Å²) < 4.78 is 0. The zero-order chi connectivity index (χ0) is 13.4. The molecule has 0 saturated heterocycles. The number of nitrogens with one attached hydrogen (secondary N) is 3. The fourth-order valence-electron chi connectivity index (χ4n) is 1.64. The van der Waals surface area contributed by atoms with Crippen LogP contribution in [0.2, 0.25) is 0 Å². The van der Waals surface area contributed by atoms with E-state index in [0.29, 0.717) is 19.0 Å². The molecule has 0 aromatic heterocycles. The lowest BCUT2D eigenvalue weighted by Gasteiger charge is -2.14. The van der Waals surface area contributed by atoms with Crippen LogP contribution < -0.4 is 16.0 Å². The van der Waals surface area contributed by atoms with E-state index in [1.807, 2.05) is 6.92 Å². The number of hydrogen-bond donors (Lipinski definition) is 4. The smallest absolute Gasteiger partial charge is 0.326 e. The molecule has 1 atom stereocenters. The molecule has 0 unspecified atom stereocenters. The zero-order valence-corrected chi connectivity index (χ0v) is 10.9. The van der Waals surface area contributed by atoms with Gasteiger partial charge < -0.3 is 21.1 Å². The van der Waals surface area contributed by atoms with Crippen molar-refractivity contribution in [2.45, 2.75) is 51.1 Å². The molecule has 104 valence electrons. The highest BCUT2D eigenvalue weighted by Gasteiger charge is 2.20. The molecule has 0 bridgehead atoms. The minimum Gasteiger partial charge on any atom is -0.480 e. The number of rotatable bonds is 9. The molecule has 1 aliphatic rings. The molecule has 0 aliphatic heterocycles. The molecule has 6 nitrogen and oxygen atoms in total. The molecule has 1 fully saturated rings. The monoisotopic (exact) mass is 257 g/mol. The van der Waals surface area contributed by atoms with Crippen molar-refractivity contribution >= 4 is 12.0 Å². The van der Waals surface area contributed by atoms with E-state index in [-0.39, 0.29) is 0 Å². The van der Waals surface area contributed by atoms with E-state index in [4.69, 9.17) is 5.11 Å². The molecule has 6 heteroatoms. The first-order valence-electron chi connectivity index (χ1n) is 6.64. The number of carbonyl (C=O) groups is 2. The number of carboxylic acids is 1. The molecular weight excluding hydrogens is 234 g/mol. The fraction of sp³-hybridized carbons (Fsp3) is 0.833. The maximum Gasteiger partial charge on any atom is 0.326 e. The van der Waals surface area contributed by atoms with Gasteiger partial charge in [0, 0.05) is 12.6 Å². The lowest BCUT2D eigenvalue weighted by atomic mass is 10.2. The summed E-state index contributed by atoms with van der Waals surface area (Å²) >= 11 is 0. The summed E-state index contributed by atoms with van der Waals surface area (Å²) in [5.74, 6) is -0.984. The van der Waals surface area contributed by atoms with Crippen LogP contribution in [0.3, 0.4) is 0 Å². The molecule has 0 aromatic carbocycles. The highest BCUT2D eigenvalue weighted by Crippen LogP contribution is 2.18. The van der Waals surface area contributed by atoms with E-state index in [2.05, 4.69) is 16.0 Å². The van der Waals surface area contributed by atoms with Crippen molar-refractivity contribution < 1.29 is 14.7 Å². The van der Waals surface area contributed by atoms with Crippen molar-refractivity contribution in [3.8, 4) is 0 Å². The Bertz CT molecular complexity index is 280. The Morgan fingerprint density at radius 3 is 2.61 bits per heavy atom. The number of hydrogen-bond acceptors (Lipinski definition) is 3. The highest BCUT2D eigenvalue weighted by molar-refractivity contribution is 5.82. The van der Waals surface area contributed by atoms with Crippen LogP contribution in [0.1, 0.15) is 39.0 Å². The van der Waals surface area contributed by atoms with Crippen molar-refractivity contribution in [2.75, 3.05) is 13.1 Å². The van der Waals surface area contributed by atoms with Crippen LogP contribution in [0.5, 0.6) is 0 Å². The first-order chi connectivity index (χ1) is 8.63. The number of carboxylic acid groups (broad SMARTS) is 1. The van der Waals surface area contributed by atoms with Gasteiger partial charge in [-0.05, 0) is 32.2 Å². The molecule has 0 heterocycles. The molecule has 4 N–H and O–H groups in total. The Hall–Kier alpha value is -1.30. The van der Waals surface area contributed by atoms with Crippen LogP contribution in [0, 0.1) is 0 Å². The van der Waals surface area contributed by atoms with Gasteiger partial charge in [0.1, 0.15) is 6.04 Å². The number of carbonyl (C=O) groups excluding carboxylic acids is 1. The predicted molar refractivity (Wildman–Crippen MR) is 68.5 cm³/mol. The van der Waals surface area contributed by atoms with Crippen LogP contribution in [-0.2, 0) is 4.79 Å². The second-order valence-corrected chi connectivity index (χ2v) is 4.66. The van der Waals surface area contributed by atoms with E-state index in [1.165, 1.54) is 12.8 Å². The molecule has 18 heavy (non-hydrogen) atoms. The molecule has 1 aliphatic carbocycles. The topological polar surface area (TPSA) is 90.5 Å². The van der Waals surface area contributed by atoms with Crippen LogP contribution >= 0.6 is 0 Å². The first kappa shape index (κ1) is 14.8. The SMILES string of the molecule is CCC[C@@H](NC(=O)NCCCNC1CC1)C(=O)O. The maximum atomic E-state index is 11.4. The first-order valence-corrected chi connectivity index (χ1v) is 6.64. The second kappa shape index (κ2) is 7.92. The largest absolute Gasteiger partial charge is 0.480 e. The molecule has 1 rings (SSSR count). The van der Waals surface area contributed by atoms with Gasteiger partial charge in [-0.3, -0.25) is 0 Å². The molecular formula is C12H23N3O3. The van der Waals surface area contributed by atoms with Gasteiger partial charge in [0.05, 0.1) is 0 Å². The van der Waals surface area contributed by atoms with E-state index in [9.17, 15) is 9.59 Å². The van der Waals surface area contributed by atoms with Crippen LogP contribution in [0.4, 0.5) is 4.79 Å². The maximum absolute atomic E-state index is 11.4. The van der Waals surface area contributed by atoms with E-state index in [0.717, 1.165) is 19.4 Å². The summed E-state index contributed by atoms with van der Waals surface area (Å²) in [6.45, 7) is 3.34. The van der Waals surface area contributed by atoms with E-state index in [1.54, 1.807) is 0 Å². The van der Waals surface area contributed by atoms with Gasteiger partial charge in [0.25, 0.3) is 0 Å². The number of amides is 2. The summed E-state index contributed by atoms with van der Waals surface area (Å²) in [7, 11) is 0. The van der Waals surface area contributed by atoms with Crippen LogP contribution in [0.25, 0.3) is 0 Å². The Labute approximate surface area is 108 Å². The lowest BCUT2D eigenvalue weighted by molar-refractivity contribution is -0.139. The summed E-state index contributed by atoms with van der Waals surface area (Å²) in [5, 5.41) is 17.3. The van der Waals surface area contributed by atoms with Crippen molar-refractivity contribution in [3.63, 3.8) is 0 Å². The Balaban J connectivity index is 2.04. The molecule has 2 amide bonds. The van der Waals surface area contributed by atoms with Gasteiger partial charge in [0.2, 0.25) is 0 Å². The zero-order valence-electron chi connectivity index (χ0n) is 10.9. The Morgan fingerprint density at radius 2 is 2.06 bits per heavy atom. The van der Waals surface area contributed by atoms with Gasteiger partial charge in [-0.25, -0.2) is 9.59 Å². The lowest BCUT2D eigenvalue weighted by Crippen LogP contribution is -2.46. The summed E-state index contributed by atoms with van der Waals surface area (Å²) in [4.78, 5) is 22.3. The minimum absolute atomic E-state index is 0.401.